The summed E-state index contributed by atoms with van der Waals surface area (Å²) in [4.78, 5) is 10.6. The number of carbonyl (C=O) groups is 1. The van der Waals surface area contributed by atoms with Crippen LogP contribution in [0.4, 0.5) is 0 Å². The van der Waals surface area contributed by atoms with Crippen molar-refractivity contribution in [3.05, 3.63) is 11.6 Å². The highest BCUT2D eigenvalue weighted by atomic mass is 16.1. The second-order valence-corrected chi connectivity index (χ2v) is 5.96. The Labute approximate surface area is 85.6 Å². The molecule has 0 aromatic carbocycles. The molecule has 0 aliphatic heterocycles. The first-order valence-electron chi connectivity index (χ1n) is 5.85. The second-order valence-electron chi connectivity index (χ2n) is 5.96. The predicted octanol–water partition coefficient (Wildman–Crippen LogP) is 2.96. The molecular weight excluding hydrogens is 172 g/mol. The molecule has 4 aliphatic rings. The molecule has 0 N–H and O–H groups in total. The predicted molar refractivity (Wildman–Crippen MR) is 55.8 cm³/mol. The fraction of sp³-hybridized carbons (Fsp3) is 0.769. The summed E-state index contributed by atoms with van der Waals surface area (Å²) in [6, 6.07) is 0. The van der Waals surface area contributed by atoms with Crippen LogP contribution in [0.1, 0.15) is 39.0 Å². The van der Waals surface area contributed by atoms with Crippen LogP contribution in [-0.4, -0.2) is 6.29 Å². The molecule has 2 unspecified atom stereocenters. The van der Waals surface area contributed by atoms with Crippen molar-refractivity contribution in [3.63, 3.8) is 0 Å². The van der Waals surface area contributed by atoms with E-state index in [4.69, 9.17) is 0 Å². The van der Waals surface area contributed by atoms with Crippen molar-refractivity contribution in [1.29, 1.82) is 0 Å². The van der Waals surface area contributed by atoms with Gasteiger partial charge in [-0.1, -0.05) is 12.5 Å². The minimum atomic E-state index is 0.622. The highest BCUT2D eigenvalue weighted by Gasteiger charge is 2.50. The quantitative estimate of drug-likeness (QED) is 0.459. The molecule has 14 heavy (non-hydrogen) atoms. The van der Waals surface area contributed by atoms with E-state index in [-0.39, 0.29) is 0 Å². The molecule has 0 aromatic heterocycles. The lowest BCUT2D eigenvalue weighted by molar-refractivity contribution is -0.104. The maximum Gasteiger partial charge on any atom is 0.142 e. The topological polar surface area (TPSA) is 17.1 Å². The molecule has 4 atom stereocenters. The van der Waals surface area contributed by atoms with Crippen molar-refractivity contribution in [2.75, 3.05) is 0 Å². The first-order chi connectivity index (χ1) is 6.70. The minimum absolute atomic E-state index is 0.622. The van der Waals surface area contributed by atoms with Gasteiger partial charge in [0.25, 0.3) is 0 Å². The third-order valence-electron chi connectivity index (χ3n) is 4.70. The van der Waals surface area contributed by atoms with Gasteiger partial charge >= 0.3 is 0 Å². The monoisotopic (exact) mass is 190 g/mol. The number of carbonyl (C=O) groups excluding carboxylic acids is 1. The molecule has 1 nitrogen and oxygen atoms in total. The number of hydrogen-bond donors (Lipinski definition) is 0. The molecule has 0 heterocycles. The van der Waals surface area contributed by atoms with Gasteiger partial charge in [0.15, 0.2) is 0 Å². The van der Waals surface area contributed by atoms with Gasteiger partial charge in [0.2, 0.25) is 0 Å². The van der Waals surface area contributed by atoms with Gasteiger partial charge in [-0.2, -0.15) is 0 Å². The molecule has 4 fully saturated rings. The van der Waals surface area contributed by atoms with Crippen molar-refractivity contribution < 1.29 is 4.79 Å². The molecular formula is C13H18O. The Morgan fingerprint density at radius 3 is 2.36 bits per heavy atom. The van der Waals surface area contributed by atoms with E-state index < -0.39 is 0 Å². The van der Waals surface area contributed by atoms with Gasteiger partial charge in [0.1, 0.15) is 6.29 Å². The summed E-state index contributed by atoms with van der Waals surface area (Å²) in [6.45, 7) is 2.45. The van der Waals surface area contributed by atoms with E-state index in [1.807, 2.05) is 6.08 Å². The van der Waals surface area contributed by atoms with E-state index in [0.717, 1.165) is 24.0 Å². The molecule has 0 amide bonds. The number of aldehydes is 1. The normalized spacial score (nSPS) is 52.6. The van der Waals surface area contributed by atoms with Crippen LogP contribution in [0.3, 0.4) is 0 Å². The van der Waals surface area contributed by atoms with Crippen LogP contribution in [0, 0.1) is 23.2 Å². The van der Waals surface area contributed by atoms with Gasteiger partial charge in [0, 0.05) is 0 Å². The van der Waals surface area contributed by atoms with E-state index in [0.29, 0.717) is 5.41 Å². The maximum absolute atomic E-state index is 10.6. The SMILES string of the molecule is CC12CC3C[C@H](C1)C(=CC=O)[C@@H](C3)C2. The van der Waals surface area contributed by atoms with Crippen LogP contribution in [0.15, 0.2) is 11.6 Å². The summed E-state index contributed by atoms with van der Waals surface area (Å²) in [5.41, 5.74) is 2.12. The van der Waals surface area contributed by atoms with E-state index in [2.05, 4.69) is 6.92 Å². The fourth-order valence-electron chi connectivity index (χ4n) is 4.56. The molecule has 1 heteroatoms. The molecule has 4 aliphatic carbocycles. The first kappa shape index (κ1) is 8.70. The minimum Gasteiger partial charge on any atom is -0.299 e. The largest absolute Gasteiger partial charge is 0.299 e. The summed E-state index contributed by atoms with van der Waals surface area (Å²) in [7, 11) is 0. The molecule has 0 spiro atoms. The Bertz CT molecular complexity index is 284. The Balaban J connectivity index is 1.96. The summed E-state index contributed by atoms with van der Waals surface area (Å²) in [5.74, 6) is 2.49. The van der Waals surface area contributed by atoms with Gasteiger partial charge in [-0.25, -0.2) is 0 Å². The van der Waals surface area contributed by atoms with Crippen LogP contribution < -0.4 is 0 Å². The van der Waals surface area contributed by atoms with Crippen molar-refractivity contribution >= 4 is 6.29 Å². The van der Waals surface area contributed by atoms with Crippen LogP contribution >= 0.6 is 0 Å². The lowest BCUT2D eigenvalue weighted by atomic mass is 9.48. The fourth-order valence-corrected chi connectivity index (χ4v) is 4.56. The number of hydrogen-bond acceptors (Lipinski definition) is 1. The highest BCUT2D eigenvalue weighted by molar-refractivity contribution is 5.66. The van der Waals surface area contributed by atoms with Gasteiger partial charge in [-0.05, 0) is 61.3 Å². The zero-order valence-electron chi connectivity index (χ0n) is 8.83. The smallest absolute Gasteiger partial charge is 0.142 e. The summed E-state index contributed by atoms with van der Waals surface area (Å²) in [6.07, 6.45) is 9.75. The van der Waals surface area contributed by atoms with Gasteiger partial charge in [0.05, 0.1) is 0 Å². The van der Waals surface area contributed by atoms with Crippen molar-refractivity contribution in [3.8, 4) is 0 Å². The summed E-state index contributed by atoms with van der Waals surface area (Å²) >= 11 is 0. The van der Waals surface area contributed by atoms with E-state index >= 15 is 0 Å². The first-order valence-corrected chi connectivity index (χ1v) is 5.85. The third kappa shape index (κ3) is 1.11. The number of rotatable bonds is 1. The van der Waals surface area contributed by atoms with Crippen molar-refractivity contribution in [2.24, 2.45) is 23.2 Å². The molecule has 4 saturated carbocycles. The summed E-state index contributed by atoms with van der Waals surface area (Å²) < 4.78 is 0. The number of allylic oxidation sites excluding steroid dienone is 2. The van der Waals surface area contributed by atoms with E-state index in [1.54, 1.807) is 0 Å². The van der Waals surface area contributed by atoms with Crippen LogP contribution in [0.25, 0.3) is 0 Å². The molecule has 76 valence electrons. The Kier molecular flexibility index (Phi) is 1.68. The average Bonchev–Trinajstić information content (AvgIpc) is 2.08. The third-order valence-corrected chi connectivity index (χ3v) is 4.70. The van der Waals surface area contributed by atoms with E-state index in [1.165, 1.54) is 37.7 Å². The van der Waals surface area contributed by atoms with Crippen LogP contribution in [0.2, 0.25) is 0 Å². The average molecular weight is 190 g/mol. The van der Waals surface area contributed by atoms with Crippen LogP contribution in [-0.2, 0) is 4.79 Å². The molecule has 0 radical (unpaired) electrons. The van der Waals surface area contributed by atoms with Gasteiger partial charge in [-0.15, -0.1) is 0 Å². The van der Waals surface area contributed by atoms with Crippen LogP contribution in [0.5, 0.6) is 0 Å². The lowest BCUT2D eigenvalue weighted by Crippen LogP contribution is -2.45. The lowest BCUT2D eigenvalue weighted by Gasteiger charge is -2.56. The standard InChI is InChI=1S/C13H18O/c1-13-6-9-4-10(7-13)12(2-3-14)11(5-9)8-13/h2-3,9-11H,4-8H2,1H3/t9?,10-,11+,13?. The zero-order chi connectivity index (χ0) is 9.76. The molecule has 4 bridgehead atoms. The Hall–Kier alpha value is -0.590. The van der Waals surface area contributed by atoms with Gasteiger partial charge < -0.3 is 0 Å². The van der Waals surface area contributed by atoms with E-state index in [9.17, 15) is 4.79 Å². The summed E-state index contributed by atoms with van der Waals surface area (Å²) in [5, 5.41) is 0. The Morgan fingerprint density at radius 2 is 1.86 bits per heavy atom. The van der Waals surface area contributed by atoms with Crippen molar-refractivity contribution in [1.82, 2.24) is 0 Å². The second kappa shape index (κ2) is 2.71. The molecule has 0 saturated heterocycles. The molecule has 4 rings (SSSR count). The van der Waals surface area contributed by atoms with Crippen molar-refractivity contribution in [2.45, 2.75) is 39.0 Å². The zero-order valence-corrected chi connectivity index (χ0v) is 8.83. The highest BCUT2D eigenvalue weighted by Crippen LogP contribution is 2.61. The maximum atomic E-state index is 10.6. The van der Waals surface area contributed by atoms with Gasteiger partial charge in [-0.3, -0.25) is 4.79 Å². The Morgan fingerprint density at radius 1 is 1.21 bits per heavy atom. The molecule has 0 aromatic rings.